The molecule has 0 saturated carbocycles. The lowest BCUT2D eigenvalue weighted by molar-refractivity contribution is 0.0674. The van der Waals surface area contributed by atoms with Crippen LogP contribution in [0, 0.1) is 0 Å². The van der Waals surface area contributed by atoms with E-state index in [-0.39, 0.29) is 0 Å². The largest absolute Gasteiger partial charge is 0.378 e. The number of morpholine rings is 1. The average molecular weight is 273 g/mol. The minimum absolute atomic E-state index is 0.617. The van der Waals surface area contributed by atoms with E-state index in [1.807, 2.05) is 12.3 Å². The molecule has 1 fully saturated rings. The number of aromatic amines is 1. The highest BCUT2D eigenvalue weighted by Gasteiger charge is 2.12. The van der Waals surface area contributed by atoms with Gasteiger partial charge in [-0.25, -0.2) is 4.98 Å². The Hall–Kier alpha value is -2.08. The number of nitrogens with zero attached hydrogens (tertiary/aromatic N) is 3. The van der Waals surface area contributed by atoms with Crippen molar-refractivity contribution in [2.75, 3.05) is 32.8 Å². The summed E-state index contributed by atoms with van der Waals surface area (Å²) in [4.78, 5) is 14.0. The Balaban J connectivity index is 1.61. The van der Waals surface area contributed by atoms with Crippen LogP contribution in [0.2, 0.25) is 0 Å². The number of hydrogen-bond donors (Lipinski definition) is 2. The number of aliphatic imine (C=N–C) groups is 1. The molecule has 0 aliphatic carbocycles. The van der Waals surface area contributed by atoms with E-state index in [0.717, 1.165) is 43.8 Å². The highest BCUT2D eigenvalue weighted by Crippen LogP contribution is 2.15. The molecular formula is C14H19N5O. The van der Waals surface area contributed by atoms with Crippen molar-refractivity contribution in [2.24, 2.45) is 10.7 Å². The lowest BCUT2D eigenvalue weighted by Crippen LogP contribution is -2.44. The Labute approximate surface area is 117 Å². The molecule has 1 saturated heterocycles. The number of nitrogens with one attached hydrogen (secondary N) is 1. The fraction of sp³-hybridized carbons (Fsp3) is 0.429. The lowest BCUT2D eigenvalue weighted by atomic mass is 10.1. The van der Waals surface area contributed by atoms with E-state index in [1.165, 1.54) is 5.56 Å². The molecule has 0 spiro atoms. The van der Waals surface area contributed by atoms with Gasteiger partial charge in [0, 0.05) is 37.4 Å². The molecule has 0 amide bonds. The number of fused-ring (bicyclic) bond motifs is 1. The molecule has 0 radical (unpaired) electrons. The van der Waals surface area contributed by atoms with Crippen molar-refractivity contribution in [1.82, 2.24) is 14.9 Å². The summed E-state index contributed by atoms with van der Waals surface area (Å²) >= 11 is 0. The second-order valence-electron chi connectivity index (χ2n) is 4.80. The number of rotatable bonds is 3. The third-order valence-electron chi connectivity index (χ3n) is 3.53. The van der Waals surface area contributed by atoms with Crippen molar-refractivity contribution in [1.29, 1.82) is 0 Å². The summed E-state index contributed by atoms with van der Waals surface area (Å²) < 4.78 is 5.30. The fourth-order valence-corrected chi connectivity index (χ4v) is 2.40. The minimum Gasteiger partial charge on any atom is -0.378 e. The number of aromatic nitrogens is 2. The number of guanidine groups is 1. The topological polar surface area (TPSA) is 79.5 Å². The van der Waals surface area contributed by atoms with Crippen LogP contribution >= 0.6 is 0 Å². The van der Waals surface area contributed by atoms with E-state index in [4.69, 9.17) is 10.5 Å². The van der Waals surface area contributed by atoms with Crippen LogP contribution in [0.4, 0.5) is 0 Å². The summed E-state index contributed by atoms with van der Waals surface area (Å²) in [5.74, 6) is 0.617. The predicted molar refractivity (Wildman–Crippen MR) is 78.7 cm³/mol. The van der Waals surface area contributed by atoms with Crippen molar-refractivity contribution in [2.45, 2.75) is 6.42 Å². The average Bonchev–Trinajstić information content (AvgIpc) is 2.92. The Morgan fingerprint density at radius 3 is 3.15 bits per heavy atom. The van der Waals surface area contributed by atoms with Crippen LogP contribution in [-0.2, 0) is 11.2 Å². The maximum atomic E-state index is 6.00. The van der Waals surface area contributed by atoms with Gasteiger partial charge in [-0.15, -0.1) is 0 Å². The summed E-state index contributed by atoms with van der Waals surface area (Å²) in [7, 11) is 0. The van der Waals surface area contributed by atoms with E-state index in [0.29, 0.717) is 12.5 Å². The summed E-state index contributed by atoms with van der Waals surface area (Å²) in [5.41, 5.74) is 8.15. The third kappa shape index (κ3) is 2.75. The highest BCUT2D eigenvalue weighted by atomic mass is 16.5. The first-order chi connectivity index (χ1) is 9.84. The van der Waals surface area contributed by atoms with Crippen LogP contribution in [-0.4, -0.2) is 53.7 Å². The van der Waals surface area contributed by atoms with Gasteiger partial charge in [0.2, 0.25) is 0 Å². The van der Waals surface area contributed by atoms with Gasteiger partial charge in [-0.1, -0.05) is 0 Å². The molecule has 20 heavy (non-hydrogen) atoms. The molecule has 3 heterocycles. The first-order valence-corrected chi connectivity index (χ1v) is 6.88. The fourth-order valence-electron chi connectivity index (χ4n) is 2.40. The minimum atomic E-state index is 0.617. The van der Waals surface area contributed by atoms with Crippen LogP contribution < -0.4 is 5.73 Å². The summed E-state index contributed by atoms with van der Waals surface area (Å²) in [5, 5.41) is 1.16. The molecule has 2 aromatic rings. The third-order valence-corrected chi connectivity index (χ3v) is 3.53. The molecule has 1 aliphatic rings. The molecule has 2 aromatic heterocycles. The first-order valence-electron chi connectivity index (χ1n) is 6.88. The van der Waals surface area contributed by atoms with Crippen LogP contribution in [0.5, 0.6) is 0 Å². The van der Waals surface area contributed by atoms with Crippen molar-refractivity contribution in [3.63, 3.8) is 0 Å². The van der Waals surface area contributed by atoms with Gasteiger partial charge >= 0.3 is 0 Å². The Morgan fingerprint density at radius 1 is 1.45 bits per heavy atom. The van der Waals surface area contributed by atoms with Crippen molar-refractivity contribution < 1.29 is 4.74 Å². The summed E-state index contributed by atoms with van der Waals surface area (Å²) in [6.07, 6.45) is 4.64. The van der Waals surface area contributed by atoms with Crippen LogP contribution in [0.15, 0.2) is 29.5 Å². The maximum Gasteiger partial charge on any atom is 0.191 e. The molecule has 106 valence electrons. The second-order valence-corrected chi connectivity index (χ2v) is 4.80. The van der Waals surface area contributed by atoms with Crippen LogP contribution in [0.25, 0.3) is 11.0 Å². The van der Waals surface area contributed by atoms with Crippen LogP contribution in [0.1, 0.15) is 5.56 Å². The number of nitrogens with two attached hydrogens (primary N) is 1. The van der Waals surface area contributed by atoms with Gasteiger partial charge < -0.3 is 20.4 Å². The molecule has 0 aromatic carbocycles. The van der Waals surface area contributed by atoms with E-state index < -0.39 is 0 Å². The summed E-state index contributed by atoms with van der Waals surface area (Å²) in [6.45, 7) is 3.79. The number of ether oxygens (including phenoxy) is 1. The molecule has 3 rings (SSSR count). The standard InChI is InChI=1S/C14H19N5O/c15-14(19-6-8-20-9-7-19)17-5-3-11-10-18-13-12(11)2-1-4-16-13/h1-2,4,10H,3,5-9H2,(H2,15,17)(H,16,18). The van der Waals surface area contributed by atoms with E-state index in [1.54, 1.807) is 6.20 Å². The molecule has 6 heteroatoms. The van der Waals surface area contributed by atoms with E-state index in [9.17, 15) is 0 Å². The molecule has 3 N–H and O–H groups in total. The zero-order valence-electron chi connectivity index (χ0n) is 11.4. The van der Waals surface area contributed by atoms with Gasteiger partial charge in [0.1, 0.15) is 5.65 Å². The van der Waals surface area contributed by atoms with E-state index in [2.05, 4.69) is 25.9 Å². The SMILES string of the molecule is NC(=NCCc1c[nH]c2ncccc12)N1CCOCC1. The normalized spacial score (nSPS) is 16.8. The smallest absolute Gasteiger partial charge is 0.191 e. The van der Waals surface area contributed by atoms with Gasteiger partial charge in [-0.2, -0.15) is 0 Å². The number of hydrogen-bond acceptors (Lipinski definition) is 3. The van der Waals surface area contributed by atoms with Crippen molar-refractivity contribution in [3.05, 3.63) is 30.1 Å². The van der Waals surface area contributed by atoms with E-state index >= 15 is 0 Å². The Morgan fingerprint density at radius 2 is 2.30 bits per heavy atom. The Kier molecular flexibility index (Phi) is 3.83. The van der Waals surface area contributed by atoms with Crippen LogP contribution in [0.3, 0.4) is 0 Å². The second kappa shape index (κ2) is 5.92. The molecule has 1 aliphatic heterocycles. The zero-order valence-corrected chi connectivity index (χ0v) is 11.4. The van der Waals surface area contributed by atoms with Gasteiger partial charge in [0.25, 0.3) is 0 Å². The monoisotopic (exact) mass is 273 g/mol. The Bertz CT molecular complexity index is 600. The van der Waals surface area contributed by atoms with Crippen molar-refractivity contribution in [3.8, 4) is 0 Å². The predicted octanol–water partition coefficient (Wildman–Crippen LogP) is 0.752. The molecule has 6 nitrogen and oxygen atoms in total. The van der Waals surface area contributed by atoms with Gasteiger partial charge in [-0.3, -0.25) is 4.99 Å². The molecular weight excluding hydrogens is 254 g/mol. The highest BCUT2D eigenvalue weighted by molar-refractivity contribution is 5.80. The zero-order chi connectivity index (χ0) is 13.8. The first kappa shape index (κ1) is 12.9. The number of H-pyrrole nitrogens is 1. The van der Waals surface area contributed by atoms with Gasteiger partial charge in [0.05, 0.1) is 13.2 Å². The molecule has 0 atom stereocenters. The molecule has 0 unspecified atom stereocenters. The van der Waals surface area contributed by atoms with Gasteiger partial charge in [0.15, 0.2) is 5.96 Å². The summed E-state index contributed by atoms with van der Waals surface area (Å²) in [6, 6.07) is 4.02. The van der Waals surface area contributed by atoms with Crippen molar-refractivity contribution >= 4 is 17.0 Å². The van der Waals surface area contributed by atoms with Gasteiger partial charge in [-0.05, 0) is 24.1 Å². The maximum absolute atomic E-state index is 6.00. The molecule has 0 bridgehead atoms. The quantitative estimate of drug-likeness (QED) is 0.639. The number of pyridine rings is 1. The lowest BCUT2D eigenvalue weighted by Gasteiger charge is -2.27.